The summed E-state index contributed by atoms with van der Waals surface area (Å²) in [6.07, 6.45) is 0.608. The van der Waals surface area contributed by atoms with Crippen LogP contribution in [0.5, 0.6) is 5.75 Å². The lowest BCUT2D eigenvalue weighted by Gasteiger charge is -2.08. The molecule has 0 unspecified atom stereocenters. The highest BCUT2D eigenvalue weighted by Gasteiger charge is 2.06. The number of amidine groups is 1. The molecule has 102 valence electrons. The van der Waals surface area contributed by atoms with E-state index in [-0.39, 0.29) is 11.3 Å². The number of carbonyl (C=O) groups excluding carboxylic acids is 1. The van der Waals surface area contributed by atoms with Gasteiger partial charge in [-0.3, -0.25) is 4.79 Å². The number of phenols is 1. The summed E-state index contributed by atoms with van der Waals surface area (Å²) in [6.45, 7) is 0. The van der Waals surface area contributed by atoms with E-state index in [1.165, 1.54) is 6.07 Å². The summed E-state index contributed by atoms with van der Waals surface area (Å²) >= 11 is 0. The molecule has 0 fully saturated rings. The topological polar surface area (TPSA) is 114 Å². The van der Waals surface area contributed by atoms with E-state index >= 15 is 0 Å². The first-order chi connectivity index (χ1) is 9.69. The minimum atomic E-state index is -0.0484. The molecule has 0 bridgehead atoms. The second-order valence-corrected chi connectivity index (χ2v) is 4.09. The second kappa shape index (κ2) is 5.85. The van der Waals surface area contributed by atoms with Gasteiger partial charge in [-0.1, -0.05) is 24.3 Å². The van der Waals surface area contributed by atoms with Crippen molar-refractivity contribution >= 4 is 12.1 Å². The number of phenolic OH excluding ortho intramolecular Hbond substituents is 1. The summed E-state index contributed by atoms with van der Waals surface area (Å²) in [5.74, 6) is 10.9. The van der Waals surface area contributed by atoms with Crippen molar-refractivity contribution in [1.29, 1.82) is 0 Å². The van der Waals surface area contributed by atoms with E-state index in [9.17, 15) is 9.90 Å². The molecular weight excluding hydrogens is 256 g/mol. The molecule has 0 heterocycles. The Bertz CT molecular complexity index is 668. The fraction of sp³-hybridized carbons (Fsp3) is 0. The molecule has 20 heavy (non-hydrogen) atoms. The summed E-state index contributed by atoms with van der Waals surface area (Å²) in [7, 11) is 0. The predicted molar refractivity (Wildman–Crippen MR) is 77.0 cm³/mol. The Hall–Kier alpha value is -2.86. The van der Waals surface area contributed by atoms with E-state index in [1.807, 2.05) is 18.2 Å². The first-order valence-corrected chi connectivity index (χ1v) is 5.83. The van der Waals surface area contributed by atoms with Crippen molar-refractivity contribution in [3.63, 3.8) is 0 Å². The lowest BCUT2D eigenvalue weighted by atomic mass is 10.0. The number of carbonyl (C=O) groups is 1. The van der Waals surface area contributed by atoms with Crippen molar-refractivity contribution in [3.05, 3.63) is 53.6 Å². The Kier molecular flexibility index (Phi) is 3.97. The molecule has 0 aliphatic carbocycles. The predicted octanol–water partition coefficient (Wildman–Crippen LogP) is 0.955. The van der Waals surface area contributed by atoms with Crippen molar-refractivity contribution in [2.45, 2.75) is 0 Å². The number of nitrogens with one attached hydrogen (secondary N) is 1. The zero-order valence-corrected chi connectivity index (χ0v) is 10.6. The molecule has 0 aromatic heterocycles. The molecule has 0 aliphatic rings. The average molecular weight is 270 g/mol. The molecule has 6 nitrogen and oxygen atoms in total. The van der Waals surface area contributed by atoms with Gasteiger partial charge in [-0.25, -0.2) is 5.84 Å². The molecule has 6 N–H and O–H groups in total. The average Bonchev–Trinajstić information content (AvgIpc) is 2.49. The van der Waals surface area contributed by atoms with Gasteiger partial charge in [-0.2, -0.15) is 5.10 Å². The normalized spacial score (nSPS) is 11.2. The minimum Gasteiger partial charge on any atom is -0.507 e. The molecule has 2 aromatic rings. The number of aldehydes is 1. The van der Waals surface area contributed by atoms with Crippen LogP contribution in [-0.2, 0) is 0 Å². The molecule has 0 saturated carbocycles. The van der Waals surface area contributed by atoms with Gasteiger partial charge in [0, 0.05) is 5.56 Å². The number of nitrogens with two attached hydrogens (primary N) is 2. The maximum absolute atomic E-state index is 10.9. The summed E-state index contributed by atoms with van der Waals surface area (Å²) in [4.78, 5) is 10.9. The Labute approximate surface area is 115 Å². The van der Waals surface area contributed by atoms with Crippen LogP contribution < -0.4 is 17.1 Å². The molecule has 0 radical (unpaired) electrons. The number of nitrogens with zero attached hydrogens (tertiary/aromatic N) is 1. The highest BCUT2D eigenvalue weighted by molar-refractivity contribution is 5.99. The fourth-order valence-corrected chi connectivity index (χ4v) is 1.87. The van der Waals surface area contributed by atoms with Crippen LogP contribution in [0, 0.1) is 0 Å². The van der Waals surface area contributed by atoms with Crippen LogP contribution in [0.1, 0.15) is 15.9 Å². The van der Waals surface area contributed by atoms with Gasteiger partial charge in [0.15, 0.2) is 12.1 Å². The van der Waals surface area contributed by atoms with E-state index in [0.717, 1.165) is 11.1 Å². The summed E-state index contributed by atoms with van der Waals surface area (Å²) in [6, 6.07) is 12.1. The quantitative estimate of drug-likeness (QED) is 0.218. The highest BCUT2D eigenvalue weighted by Crippen LogP contribution is 2.25. The molecule has 2 rings (SSSR count). The number of hydrogen-bond donors (Lipinski definition) is 4. The van der Waals surface area contributed by atoms with E-state index in [0.29, 0.717) is 17.7 Å². The van der Waals surface area contributed by atoms with Gasteiger partial charge in [-0.15, -0.1) is 0 Å². The van der Waals surface area contributed by atoms with Crippen molar-refractivity contribution in [3.8, 4) is 16.9 Å². The number of rotatable bonds is 3. The Balaban J connectivity index is 2.48. The maximum atomic E-state index is 10.9. The molecule has 0 aliphatic heterocycles. The maximum Gasteiger partial charge on any atom is 0.166 e. The Morgan fingerprint density at radius 1 is 1.20 bits per heavy atom. The molecular formula is C14H14N4O2. The van der Waals surface area contributed by atoms with E-state index in [2.05, 4.69) is 10.5 Å². The minimum absolute atomic E-state index is 0.0484. The van der Waals surface area contributed by atoms with Crippen molar-refractivity contribution in [2.24, 2.45) is 16.8 Å². The van der Waals surface area contributed by atoms with Crippen molar-refractivity contribution in [2.75, 3.05) is 0 Å². The lowest BCUT2D eigenvalue weighted by molar-refractivity contribution is 0.112. The molecule has 0 spiro atoms. The van der Waals surface area contributed by atoms with Crippen LogP contribution in [0.3, 0.4) is 0 Å². The first-order valence-electron chi connectivity index (χ1n) is 5.83. The Morgan fingerprint density at radius 2 is 1.95 bits per heavy atom. The fourth-order valence-electron chi connectivity index (χ4n) is 1.87. The van der Waals surface area contributed by atoms with E-state index < -0.39 is 0 Å². The number of hydrogen-bond acceptors (Lipinski definition) is 5. The highest BCUT2D eigenvalue weighted by atomic mass is 16.3. The number of hydrazine groups is 1. The summed E-state index contributed by atoms with van der Waals surface area (Å²) < 4.78 is 0. The number of benzene rings is 2. The van der Waals surface area contributed by atoms with Crippen LogP contribution in [0.4, 0.5) is 0 Å². The zero-order valence-electron chi connectivity index (χ0n) is 10.6. The van der Waals surface area contributed by atoms with Crippen LogP contribution in [-0.4, -0.2) is 17.2 Å². The van der Waals surface area contributed by atoms with Crippen LogP contribution in [0.25, 0.3) is 11.1 Å². The van der Waals surface area contributed by atoms with Gasteiger partial charge in [-0.05, 0) is 29.3 Å². The smallest absolute Gasteiger partial charge is 0.166 e. The van der Waals surface area contributed by atoms with Gasteiger partial charge in [0.2, 0.25) is 0 Å². The molecule has 0 saturated heterocycles. The van der Waals surface area contributed by atoms with Gasteiger partial charge in [0.1, 0.15) is 5.75 Å². The van der Waals surface area contributed by atoms with Crippen LogP contribution >= 0.6 is 0 Å². The SMILES string of the molecule is N/N=C(\NN)c1cccc(-c2ccc(O)c(C=O)c2)c1. The van der Waals surface area contributed by atoms with Gasteiger partial charge >= 0.3 is 0 Å². The molecule has 0 amide bonds. The first kappa shape index (κ1) is 13.6. The molecule has 2 aromatic carbocycles. The largest absolute Gasteiger partial charge is 0.507 e. The third-order valence-corrected chi connectivity index (χ3v) is 2.89. The standard InChI is InChI=1S/C14H14N4O2/c15-17-14(18-16)11-3-1-2-9(6-11)10-4-5-13(20)12(7-10)8-19/h1-8,20H,15-16H2,(H,17,18). The van der Waals surface area contributed by atoms with Crippen molar-refractivity contribution < 1.29 is 9.90 Å². The van der Waals surface area contributed by atoms with Gasteiger partial charge in [0.25, 0.3) is 0 Å². The van der Waals surface area contributed by atoms with Crippen LogP contribution in [0.15, 0.2) is 47.6 Å². The third kappa shape index (κ3) is 2.60. The van der Waals surface area contributed by atoms with Gasteiger partial charge in [0.05, 0.1) is 5.56 Å². The van der Waals surface area contributed by atoms with E-state index in [4.69, 9.17) is 11.7 Å². The third-order valence-electron chi connectivity index (χ3n) is 2.89. The Morgan fingerprint density at radius 3 is 2.60 bits per heavy atom. The van der Waals surface area contributed by atoms with Crippen molar-refractivity contribution in [1.82, 2.24) is 5.43 Å². The van der Waals surface area contributed by atoms with Gasteiger partial charge < -0.3 is 16.4 Å². The summed E-state index contributed by atoms with van der Waals surface area (Å²) in [5.41, 5.74) is 5.00. The zero-order chi connectivity index (χ0) is 14.5. The van der Waals surface area contributed by atoms with E-state index in [1.54, 1.807) is 18.2 Å². The second-order valence-electron chi connectivity index (χ2n) is 4.09. The molecule has 6 heteroatoms. The number of aromatic hydroxyl groups is 1. The summed E-state index contributed by atoms with van der Waals surface area (Å²) in [5, 5.41) is 13.1. The monoisotopic (exact) mass is 270 g/mol. The lowest BCUT2D eigenvalue weighted by Crippen LogP contribution is -2.32. The number of hydrazone groups is 1. The van der Waals surface area contributed by atoms with Crippen LogP contribution in [0.2, 0.25) is 0 Å². The molecule has 0 atom stereocenters.